The van der Waals surface area contributed by atoms with E-state index in [1.54, 1.807) is 28.4 Å². The Kier molecular flexibility index (Phi) is 5.74. The Hall–Kier alpha value is -3.61. The molecular formula is C25H27NO6. The average Bonchev–Trinajstić information content (AvgIpc) is 2.83. The smallest absolute Gasteiger partial charge is 0.307 e. The highest BCUT2D eigenvalue weighted by atomic mass is 16.5. The van der Waals surface area contributed by atoms with Gasteiger partial charge in [-0.2, -0.15) is 0 Å². The molecule has 0 unspecified atom stereocenters. The highest BCUT2D eigenvalue weighted by Crippen LogP contribution is 2.54. The lowest BCUT2D eigenvalue weighted by Crippen LogP contribution is -2.31. The number of methoxy groups -OCH3 is 5. The van der Waals surface area contributed by atoms with Crippen LogP contribution in [0.5, 0.6) is 23.0 Å². The number of carbonyl (C=O) groups excluding carboxylic acids is 1. The van der Waals surface area contributed by atoms with Crippen LogP contribution in [0.4, 0.5) is 5.69 Å². The molecular weight excluding hydrogens is 410 g/mol. The van der Waals surface area contributed by atoms with Crippen LogP contribution < -0.4 is 23.8 Å². The SMILES string of the molecule is COC(=O)C[C@H]1c2c(ccc(OC)c2OC)-c2ccc3cc(OC)c(OC)cc3c2N1C. The monoisotopic (exact) mass is 437 g/mol. The fourth-order valence-electron chi connectivity index (χ4n) is 4.58. The summed E-state index contributed by atoms with van der Waals surface area (Å²) in [5, 5.41) is 2.01. The molecule has 1 atom stereocenters. The van der Waals surface area contributed by atoms with E-state index in [1.807, 2.05) is 31.3 Å². The van der Waals surface area contributed by atoms with Crippen molar-refractivity contribution >= 4 is 22.4 Å². The molecule has 3 aromatic rings. The molecule has 1 heterocycles. The summed E-state index contributed by atoms with van der Waals surface area (Å²) in [5.74, 6) is 2.23. The first-order valence-corrected chi connectivity index (χ1v) is 10.2. The van der Waals surface area contributed by atoms with Gasteiger partial charge in [0.05, 0.1) is 53.7 Å². The zero-order valence-corrected chi connectivity index (χ0v) is 19.1. The molecule has 0 amide bonds. The molecule has 3 aromatic carbocycles. The summed E-state index contributed by atoms with van der Waals surface area (Å²) in [6.07, 6.45) is 0.159. The number of benzene rings is 3. The summed E-state index contributed by atoms with van der Waals surface area (Å²) in [6.45, 7) is 0. The van der Waals surface area contributed by atoms with Crippen LogP contribution in [0, 0.1) is 0 Å². The van der Waals surface area contributed by atoms with Crippen molar-refractivity contribution in [1.82, 2.24) is 0 Å². The molecule has 1 aliphatic heterocycles. The topological polar surface area (TPSA) is 66.5 Å². The maximum absolute atomic E-state index is 12.4. The van der Waals surface area contributed by atoms with Crippen LogP contribution in [-0.2, 0) is 9.53 Å². The van der Waals surface area contributed by atoms with Gasteiger partial charge < -0.3 is 28.6 Å². The minimum absolute atomic E-state index is 0.159. The van der Waals surface area contributed by atoms with Crippen molar-refractivity contribution in [3.63, 3.8) is 0 Å². The number of ether oxygens (including phenoxy) is 5. The number of esters is 1. The Balaban J connectivity index is 2.06. The van der Waals surface area contributed by atoms with Gasteiger partial charge in [0.25, 0.3) is 0 Å². The molecule has 0 N–H and O–H groups in total. The number of nitrogens with zero attached hydrogens (tertiary/aromatic N) is 1. The van der Waals surface area contributed by atoms with Gasteiger partial charge in [0, 0.05) is 23.6 Å². The Morgan fingerprint density at radius 3 is 2.12 bits per heavy atom. The number of hydrogen-bond acceptors (Lipinski definition) is 7. The van der Waals surface area contributed by atoms with E-state index in [4.69, 9.17) is 23.7 Å². The quantitative estimate of drug-likeness (QED) is 0.522. The van der Waals surface area contributed by atoms with Crippen LogP contribution in [0.3, 0.4) is 0 Å². The number of fused-ring (bicyclic) bond motifs is 5. The summed E-state index contributed by atoms with van der Waals surface area (Å²) in [5.41, 5.74) is 3.91. The van der Waals surface area contributed by atoms with Crippen LogP contribution in [-0.4, -0.2) is 48.6 Å². The maximum Gasteiger partial charge on any atom is 0.307 e. The summed E-state index contributed by atoms with van der Waals surface area (Å²) < 4.78 is 27.4. The van der Waals surface area contributed by atoms with Crippen molar-refractivity contribution in [2.24, 2.45) is 0 Å². The summed E-state index contributed by atoms with van der Waals surface area (Å²) in [7, 11) is 9.83. The van der Waals surface area contributed by atoms with Gasteiger partial charge in [-0.15, -0.1) is 0 Å². The van der Waals surface area contributed by atoms with Crippen LogP contribution in [0.2, 0.25) is 0 Å². The van der Waals surface area contributed by atoms with Gasteiger partial charge >= 0.3 is 5.97 Å². The predicted molar refractivity (Wildman–Crippen MR) is 123 cm³/mol. The van der Waals surface area contributed by atoms with E-state index in [0.29, 0.717) is 23.0 Å². The molecule has 168 valence electrons. The molecule has 0 fully saturated rings. The molecule has 0 saturated heterocycles. The maximum atomic E-state index is 12.4. The Morgan fingerprint density at radius 1 is 0.844 bits per heavy atom. The standard InChI is InChI=1S/C25H27NO6/c1-26-18(13-22(27)31-5)23-15(9-10-19(28-2)25(23)32-6)16-8-7-14-11-20(29-3)21(30-4)12-17(14)24(16)26/h7-12,18H,13H2,1-6H3/t18-/m0/s1. The van der Waals surface area contributed by atoms with Gasteiger partial charge in [-0.1, -0.05) is 12.1 Å². The lowest BCUT2D eigenvalue weighted by atomic mass is 9.84. The molecule has 0 bridgehead atoms. The third-order valence-corrected chi connectivity index (χ3v) is 6.11. The van der Waals surface area contributed by atoms with Crippen molar-refractivity contribution in [1.29, 1.82) is 0 Å². The zero-order chi connectivity index (χ0) is 23.0. The lowest BCUT2D eigenvalue weighted by molar-refractivity contribution is -0.141. The van der Waals surface area contributed by atoms with E-state index in [-0.39, 0.29) is 18.4 Å². The van der Waals surface area contributed by atoms with Crippen molar-refractivity contribution in [3.8, 4) is 34.1 Å². The fraction of sp³-hybridized carbons (Fsp3) is 0.320. The molecule has 0 aromatic heterocycles. The van der Waals surface area contributed by atoms with Gasteiger partial charge in [0.1, 0.15) is 0 Å². The largest absolute Gasteiger partial charge is 0.493 e. The van der Waals surface area contributed by atoms with Crippen LogP contribution >= 0.6 is 0 Å². The van der Waals surface area contributed by atoms with Gasteiger partial charge in [0.2, 0.25) is 0 Å². The lowest BCUT2D eigenvalue weighted by Gasteiger charge is -2.39. The highest BCUT2D eigenvalue weighted by molar-refractivity contribution is 6.06. The zero-order valence-electron chi connectivity index (χ0n) is 19.1. The van der Waals surface area contributed by atoms with Gasteiger partial charge in [-0.05, 0) is 35.2 Å². The van der Waals surface area contributed by atoms with Crippen LogP contribution in [0.25, 0.3) is 21.9 Å². The number of anilines is 1. The first-order chi connectivity index (χ1) is 15.5. The summed E-state index contributed by atoms with van der Waals surface area (Å²) in [4.78, 5) is 14.5. The van der Waals surface area contributed by atoms with Crippen molar-refractivity contribution in [2.75, 3.05) is 47.5 Å². The molecule has 7 heteroatoms. The highest BCUT2D eigenvalue weighted by Gasteiger charge is 2.36. The van der Waals surface area contributed by atoms with Gasteiger partial charge in [0.15, 0.2) is 23.0 Å². The Bertz CT molecular complexity index is 1190. The minimum Gasteiger partial charge on any atom is -0.493 e. The van der Waals surface area contributed by atoms with Crippen LogP contribution in [0.15, 0.2) is 36.4 Å². The molecule has 1 aliphatic rings. The van der Waals surface area contributed by atoms with E-state index < -0.39 is 0 Å². The number of carbonyl (C=O) groups is 1. The first kappa shape index (κ1) is 21.6. The Morgan fingerprint density at radius 2 is 1.50 bits per heavy atom. The van der Waals surface area contributed by atoms with E-state index in [2.05, 4.69) is 17.0 Å². The third kappa shape index (κ3) is 3.25. The van der Waals surface area contributed by atoms with Crippen molar-refractivity contribution in [3.05, 3.63) is 42.0 Å². The normalized spacial score (nSPS) is 14.4. The molecule has 0 saturated carbocycles. The van der Waals surface area contributed by atoms with E-state index >= 15 is 0 Å². The van der Waals surface area contributed by atoms with Gasteiger partial charge in [-0.3, -0.25) is 4.79 Å². The van der Waals surface area contributed by atoms with E-state index in [1.165, 1.54) is 7.11 Å². The molecule has 0 radical (unpaired) electrons. The summed E-state index contributed by atoms with van der Waals surface area (Å²) in [6, 6.07) is 11.7. The van der Waals surface area contributed by atoms with Gasteiger partial charge in [-0.25, -0.2) is 0 Å². The van der Waals surface area contributed by atoms with Crippen LogP contribution in [0.1, 0.15) is 18.0 Å². The van der Waals surface area contributed by atoms with E-state index in [0.717, 1.165) is 33.2 Å². The third-order valence-electron chi connectivity index (χ3n) is 6.11. The molecule has 4 rings (SSSR count). The predicted octanol–water partition coefficient (Wildman–Crippen LogP) is 4.60. The number of rotatable bonds is 6. The molecule has 0 spiro atoms. The van der Waals surface area contributed by atoms with Crippen molar-refractivity contribution < 1.29 is 28.5 Å². The second kappa shape index (κ2) is 8.49. The Labute approximate surface area is 187 Å². The second-order valence-electron chi connectivity index (χ2n) is 7.56. The first-order valence-electron chi connectivity index (χ1n) is 10.2. The van der Waals surface area contributed by atoms with Crippen molar-refractivity contribution in [2.45, 2.75) is 12.5 Å². The molecule has 32 heavy (non-hydrogen) atoms. The minimum atomic E-state index is -0.311. The molecule has 0 aliphatic carbocycles. The fourth-order valence-corrected chi connectivity index (χ4v) is 4.58. The second-order valence-corrected chi connectivity index (χ2v) is 7.56. The average molecular weight is 437 g/mol. The molecule has 7 nitrogen and oxygen atoms in total. The number of hydrogen-bond donors (Lipinski definition) is 0. The summed E-state index contributed by atoms with van der Waals surface area (Å²) >= 11 is 0. The van der Waals surface area contributed by atoms with E-state index in [9.17, 15) is 4.79 Å².